The van der Waals surface area contributed by atoms with Crippen molar-refractivity contribution in [2.24, 2.45) is 16.8 Å². The van der Waals surface area contributed by atoms with Crippen LogP contribution in [0.3, 0.4) is 0 Å². The average Bonchev–Trinajstić information content (AvgIpc) is 2.50. The van der Waals surface area contributed by atoms with Crippen LogP contribution in [0.5, 0.6) is 0 Å². The quantitative estimate of drug-likeness (QED) is 0.713. The molecule has 15 heavy (non-hydrogen) atoms. The van der Waals surface area contributed by atoms with Crippen molar-refractivity contribution in [3.8, 4) is 0 Å². The van der Waals surface area contributed by atoms with Gasteiger partial charge in [0.1, 0.15) is 7.11 Å². The Balaban J connectivity index is 2.69. The summed E-state index contributed by atoms with van der Waals surface area (Å²) in [5, 5.41) is 4.11. The molecule has 0 aromatic carbocycles. The van der Waals surface area contributed by atoms with Crippen LogP contribution in [0, 0.1) is 5.92 Å². The Hall–Kier alpha value is -0.610. The van der Waals surface area contributed by atoms with Crippen LogP contribution in [0.2, 0.25) is 0 Å². The van der Waals surface area contributed by atoms with E-state index in [-0.39, 0.29) is 5.54 Å². The summed E-state index contributed by atoms with van der Waals surface area (Å²) in [7, 11) is 1.60. The summed E-state index contributed by atoms with van der Waals surface area (Å²) in [6, 6.07) is 0. The van der Waals surface area contributed by atoms with Gasteiger partial charge in [-0.25, -0.2) is 0 Å². The lowest BCUT2D eigenvalue weighted by Gasteiger charge is -2.31. The first-order chi connectivity index (χ1) is 6.99. The normalized spacial score (nSPS) is 26.2. The molecule has 88 valence electrons. The van der Waals surface area contributed by atoms with Gasteiger partial charge in [0.05, 0.1) is 5.71 Å². The van der Waals surface area contributed by atoms with Crippen molar-refractivity contribution in [2.75, 3.05) is 26.7 Å². The Morgan fingerprint density at radius 3 is 2.67 bits per heavy atom. The molecule has 0 bridgehead atoms. The lowest BCUT2D eigenvalue weighted by atomic mass is 10.0. The van der Waals surface area contributed by atoms with Crippen LogP contribution < -0.4 is 5.73 Å². The zero-order chi connectivity index (χ0) is 11.5. The van der Waals surface area contributed by atoms with Crippen molar-refractivity contribution < 1.29 is 4.84 Å². The molecule has 1 heterocycles. The SMILES string of the molecule is CO/N=C1/CN(C(C)(C)C)CC1CCN. The Bertz CT molecular complexity index is 232. The van der Waals surface area contributed by atoms with Crippen molar-refractivity contribution in [2.45, 2.75) is 32.7 Å². The minimum atomic E-state index is 0.192. The first-order valence-electron chi connectivity index (χ1n) is 5.54. The molecule has 1 aliphatic heterocycles. The molecule has 0 aromatic rings. The smallest absolute Gasteiger partial charge is 0.106 e. The maximum atomic E-state index is 5.61. The summed E-state index contributed by atoms with van der Waals surface area (Å²) in [6.07, 6.45) is 0.995. The fraction of sp³-hybridized carbons (Fsp3) is 0.909. The van der Waals surface area contributed by atoms with Gasteiger partial charge in [-0.05, 0) is 33.7 Å². The van der Waals surface area contributed by atoms with Crippen LogP contribution in [0.1, 0.15) is 27.2 Å². The number of oxime groups is 1. The zero-order valence-corrected chi connectivity index (χ0v) is 10.3. The highest BCUT2D eigenvalue weighted by molar-refractivity contribution is 5.90. The molecule has 1 atom stereocenters. The molecule has 0 aromatic heterocycles. The van der Waals surface area contributed by atoms with Crippen molar-refractivity contribution in [3.63, 3.8) is 0 Å². The van der Waals surface area contributed by atoms with E-state index in [0.29, 0.717) is 12.5 Å². The van der Waals surface area contributed by atoms with E-state index in [1.807, 2.05) is 0 Å². The largest absolute Gasteiger partial charge is 0.399 e. The third kappa shape index (κ3) is 3.18. The zero-order valence-electron chi connectivity index (χ0n) is 10.3. The molecule has 0 aliphatic carbocycles. The highest BCUT2D eigenvalue weighted by Gasteiger charge is 2.34. The summed E-state index contributed by atoms with van der Waals surface area (Å²) in [6.45, 7) is 9.34. The van der Waals surface area contributed by atoms with Crippen LogP contribution in [-0.4, -0.2) is 42.9 Å². The molecular formula is C11H23N3O. The Kier molecular flexibility index (Phi) is 4.11. The molecule has 0 spiro atoms. The van der Waals surface area contributed by atoms with E-state index >= 15 is 0 Å². The Morgan fingerprint density at radius 2 is 2.20 bits per heavy atom. The predicted molar refractivity (Wildman–Crippen MR) is 62.9 cm³/mol. The monoisotopic (exact) mass is 213 g/mol. The maximum Gasteiger partial charge on any atom is 0.106 e. The molecule has 0 radical (unpaired) electrons. The van der Waals surface area contributed by atoms with Crippen LogP contribution >= 0.6 is 0 Å². The number of nitrogens with two attached hydrogens (primary N) is 1. The topological polar surface area (TPSA) is 50.8 Å². The van der Waals surface area contributed by atoms with Gasteiger partial charge in [0.2, 0.25) is 0 Å². The molecule has 0 amide bonds. The van der Waals surface area contributed by atoms with E-state index in [2.05, 4.69) is 30.8 Å². The molecule has 1 aliphatic rings. The number of rotatable bonds is 3. The first-order valence-corrected chi connectivity index (χ1v) is 5.54. The molecular weight excluding hydrogens is 190 g/mol. The van der Waals surface area contributed by atoms with Crippen molar-refractivity contribution in [1.82, 2.24) is 4.90 Å². The summed E-state index contributed by atoms with van der Waals surface area (Å²) < 4.78 is 0. The number of hydrogen-bond donors (Lipinski definition) is 1. The van der Waals surface area contributed by atoms with E-state index in [1.165, 1.54) is 0 Å². The fourth-order valence-corrected chi connectivity index (χ4v) is 1.95. The maximum absolute atomic E-state index is 5.61. The van der Waals surface area contributed by atoms with Crippen LogP contribution in [-0.2, 0) is 4.84 Å². The summed E-state index contributed by atoms with van der Waals surface area (Å²) in [5.41, 5.74) is 6.94. The van der Waals surface area contributed by atoms with Crippen LogP contribution in [0.4, 0.5) is 0 Å². The summed E-state index contributed by atoms with van der Waals surface area (Å²) >= 11 is 0. The van der Waals surface area contributed by atoms with Gasteiger partial charge >= 0.3 is 0 Å². The number of hydrogen-bond acceptors (Lipinski definition) is 4. The van der Waals surface area contributed by atoms with Crippen molar-refractivity contribution in [1.29, 1.82) is 0 Å². The van der Waals surface area contributed by atoms with Gasteiger partial charge in [-0.3, -0.25) is 4.90 Å². The minimum Gasteiger partial charge on any atom is -0.399 e. The molecule has 1 saturated heterocycles. The number of nitrogens with zero attached hydrogens (tertiary/aromatic N) is 2. The molecule has 4 nitrogen and oxygen atoms in total. The van der Waals surface area contributed by atoms with E-state index in [9.17, 15) is 0 Å². The molecule has 4 heteroatoms. The highest BCUT2D eigenvalue weighted by atomic mass is 16.6. The molecule has 1 unspecified atom stereocenters. The summed E-state index contributed by atoms with van der Waals surface area (Å²) in [5.74, 6) is 0.467. The fourth-order valence-electron chi connectivity index (χ4n) is 1.95. The second-order valence-electron chi connectivity index (χ2n) is 5.09. The van der Waals surface area contributed by atoms with Gasteiger partial charge in [0.15, 0.2) is 0 Å². The third-order valence-electron chi connectivity index (χ3n) is 2.94. The minimum absolute atomic E-state index is 0.192. The molecule has 1 rings (SSSR count). The Labute approximate surface area is 92.4 Å². The van der Waals surface area contributed by atoms with E-state index < -0.39 is 0 Å². The van der Waals surface area contributed by atoms with Gasteiger partial charge in [0.25, 0.3) is 0 Å². The van der Waals surface area contributed by atoms with Crippen LogP contribution in [0.25, 0.3) is 0 Å². The van der Waals surface area contributed by atoms with Crippen molar-refractivity contribution in [3.05, 3.63) is 0 Å². The lowest BCUT2D eigenvalue weighted by molar-refractivity contribution is 0.169. The third-order valence-corrected chi connectivity index (χ3v) is 2.94. The Morgan fingerprint density at radius 1 is 1.53 bits per heavy atom. The highest BCUT2D eigenvalue weighted by Crippen LogP contribution is 2.24. The predicted octanol–water partition coefficient (Wildman–Crippen LogP) is 1.07. The van der Waals surface area contributed by atoms with E-state index in [0.717, 1.165) is 25.2 Å². The summed E-state index contributed by atoms with van der Waals surface area (Å²) in [4.78, 5) is 7.31. The average molecular weight is 213 g/mol. The van der Waals surface area contributed by atoms with Crippen molar-refractivity contribution >= 4 is 5.71 Å². The first kappa shape index (κ1) is 12.5. The second kappa shape index (κ2) is 4.94. The van der Waals surface area contributed by atoms with Gasteiger partial charge in [-0.15, -0.1) is 0 Å². The van der Waals surface area contributed by atoms with Gasteiger partial charge in [0, 0.05) is 24.5 Å². The van der Waals surface area contributed by atoms with Gasteiger partial charge < -0.3 is 10.6 Å². The lowest BCUT2D eigenvalue weighted by Crippen LogP contribution is -2.39. The van der Waals surface area contributed by atoms with Crippen LogP contribution in [0.15, 0.2) is 5.16 Å². The second-order valence-corrected chi connectivity index (χ2v) is 5.09. The van der Waals surface area contributed by atoms with Gasteiger partial charge in [-0.2, -0.15) is 0 Å². The number of likely N-dealkylation sites (tertiary alicyclic amines) is 1. The standard InChI is InChI=1S/C11H23N3O/c1-11(2,3)14-7-9(5-6-12)10(8-14)13-15-4/h9H,5-8,12H2,1-4H3/b13-10-. The molecule has 1 fully saturated rings. The molecule has 2 N–H and O–H groups in total. The molecule has 0 saturated carbocycles. The van der Waals surface area contributed by atoms with E-state index in [1.54, 1.807) is 7.11 Å². The van der Waals surface area contributed by atoms with Gasteiger partial charge in [-0.1, -0.05) is 5.16 Å². The van der Waals surface area contributed by atoms with E-state index in [4.69, 9.17) is 10.6 Å².